The van der Waals surface area contributed by atoms with E-state index < -0.39 is 23.0 Å². The summed E-state index contributed by atoms with van der Waals surface area (Å²) >= 11 is 12.1. The van der Waals surface area contributed by atoms with Gasteiger partial charge in [0.1, 0.15) is 12.4 Å². The Morgan fingerprint density at radius 2 is 1.62 bits per heavy atom. The molecule has 3 aromatic rings. The maximum absolute atomic E-state index is 13.1. The predicted molar refractivity (Wildman–Crippen MR) is 158 cm³/mol. The monoisotopic (exact) mass is 619 g/mol. The number of ether oxygens (including phenoxy) is 3. The summed E-state index contributed by atoms with van der Waals surface area (Å²) < 4.78 is 16.8. The molecule has 0 aliphatic rings. The molecule has 0 bridgehead atoms. The number of halogens is 2. The minimum atomic E-state index is -1.02. The quantitative estimate of drug-likeness (QED) is 0.112. The maximum Gasteiger partial charge on any atom is 0.333 e. The van der Waals surface area contributed by atoms with Gasteiger partial charge in [-0.25, -0.2) is 9.59 Å². The minimum absolute atomic E-state index is 0.0878. The highest BCUT2D eigenvalue weighted by Gasteiger charge is 2.18. The van der Waals surface area contributed by atoms with E-state index in [1.54, 1.807) is 49.4 Å². The number of nitro benzene ring substituents is 1. The van der Waals surface area contributed by atoms with Crippen molar-refractivity contribution >= 4 is 46.6 Å². The maximum atomic E-state index is 13.1. The van der Waals surface area contributed by atoms with Crippen LogP contribution in [0.3, 0.4) is 0 Å². The fourth-order valence-corrected chi connectivity index (χ4v) is 4.44. The fourth-order valence-electron chi connectivity index (χ4n) is 3.87. The number of amides is 2. The molecule has 0 saturated heterocycles. The molecular formula is C29H31Cl2N3O8. The number of nitro groups is 1. The molecule has 2 amide bonds. The van der Waals surface area contributed by atoms with Crippen molar-refractivity contribution in [1.82, 2.24) is 4.90 Å². The van der Waals surface area contributed by atoms with Crippen LogP contribution in [0.2, 0.25) is 10.0 Å². The van der Waals surface area contributed by atoms with E-state index in [1.807, 2.05) is 0 Å². The van der Waals surface area contributed by atoms with E-state index in [-0.39, 0.29) is 45.0 Å². The number of nitrogens with zero attached hydrogens (tertiary/aromatic N) is 2. The van der Waals surface area contributed by atoms with Crippen molar-refractivity contribution in [3.63, 3.8) is 0 Å². The summed E-state index contributed by atoms with van der Waals surface area (Å²) in [6.45, 7) is 3.08. The molecule has 1 atom stereocenters. The topological polar surface area (TPSA) is 140 Å². The van der Waals surface area contributed by atoms with Crippen LogP contribution >= 0.6 is 23.2 Å². The van der Waals surface area contributed by atoms with E-state index in [9.17, 15) is 24.8 Å². The number of non-ortho nitro benzene ring substituents is 1. The van der Waals surface area contributed by atoms with Crippen LogP contribution in [0.15, 0.2) is 66.7 Å². The Balaban J connectivity index is 1.58. The van der Waals surface area contributed by atoms with Crippen LogP contribution < -0.4 is 10.1 Å². The van der Waals surface area contributed by atoms with Crippen LogP contribution in [0.5, 0.6) is 5.75 Å². The molecule has 1 unspecified atom stereocenters. The van der Waals surface area contributed by atoms with Crippen molar-refractivity contribution in [3.05, 3.63) is 98.0 Å². The third-order valence-electron chi connectivity index (χ3n) is 5.93. The first-order valence-corrected chi connectivity index (χ1v) is 13.8. The average molecular weight is 620 g/mol. The number of carbonyl (C=O) groups is 2. The molecular weight excluding hydrogens is 589 g/mol. The number of anilines is 1. The number of hydrogen-bond donors (Lipinski definition) is 2. The zero-order valence-electron chi connectivity index (χ0n) is 22.8. The number of benzene rings is 3. The third-order valence-corrected chi connectivity index (χ3v) is 6.37. The van der Waals surface area contributed by atoms with E-state index >= 15 is 0 Å². The first kappa shape index (κ1) is 32.6. The van der Waals surface area contributed by atoms with Crippen LogP contribution in [-0.2, 0) is 27.3 Å². The zero-order valence-corrected chi connectivity index (χ0v) is 24.3. The van der Waals surface area contributed by atoms with Gasteiger partial charge in [0.15, 0.2) is 6.10 Å². The number of carboxylic acid groups (broad SMARTS) is 1. The standard InChI is InChI=1S/C29H31Cl2N3O8/c1-2-41-27(28(35)36)17-20-3-9-26(10-4-20)42-14-12-33(11-13-40-19-21-15-22(30)18-23(31)16-21)29(37)32-24-5-7-25(8-6-24)34(38)39/h3-10,15-16,18,27H,2,11-14,17,19H2,1H3,(H,32,37)(H,35,36). The van der Waals surface area contributed by atoms with Crippen molar-refractivity contribution in [1.29, 1.82) is 0 Å². The van der Waals surface area contributed by atoms with Crippen molar-refractivity contribution in [2.75, 3.05) is 38.2 Å². The van der Waals surface area contributed by atoms with E-state index in [4.69, 9.17) is 37.4 Å². The molecule has 0 aromatic heterocycles. The number of nitrogens with one attached hydrogen (secondary N) is 1. The van der Waals surface area contributed by atoms with Gasteiger partial charge in [0.05, 0.1) is 24.7 Å². The van der Waals surface area contributed by atoms with Gasteiger partial charge < -0.3 is 29.5 Å². The van der Waals surface area contributed by atoms with Gasteiger partial charge in [-0.15, -0.1) is 0 Å². The molecule has 3 rings (SSSR count). The highest BCUT2D eigenvalue weighted by atomic mass is 35.5. The average Bonchev–Trinajstić information content (AvgIpc) is 2.94. The van der Waals surface area contributed by atoms with Crippen molar-refractivity contribution in [2.24, 2.45) is 0 Å². The Labute approximate surface area is 253 Å². The summed E-state index contributed by atoms with van der Waals surface area (Å²) in [5, 5.41) is 23.9. The Kier molecular flexibility index (Phi) is 12.8. The summed E-state index contributed by atoms with van der Waals surface area (Å²) in [6, 6.07) is 17.1. The summed E-state index contributed by atoms with van der Waals surface area (Å²) in [6.07, 6.45) is -0.704. The molecule has 224 valence electrons. The van der Waals surface area contributed by atoms with Crippen molar-refractivity contribution < 1.29 is 33.8 Å². The van der Waals surface area contributed by atoms with Gasteiger partial charge in [-0.1, -0.05) is 35.3 Å². The first-order valence-electron chi connectivity index (χ1n) is 13.0. The van der Waals surface area contributed by atoms with Crippen LogP contribution in [0, 0.1) is 10.1 Å². The SMILES string of the molecule is CCOC(Cc1ccc(OCCN(CCOCc2cc(Cl)cc(Cl)c2)C(=O)Nc2ccc([N+](=O)[O-])cc2)cc1)C(=O)O. The molecule has 3 aromatic carbocycles. The lowest BCUT2D eigenvalue weighted by Crippen LogP contribution is -2.40. The second kappa shape index (κ2) is 16.5. The van der Waals surface area contributed by atoms with Crippen LogP contribution in [0.1, 0.15) is 18.1 Å². The molecule has 0 aliphatic heterocycles. The first-order chi connectivity index (χ1) is 20.1. The lowest BCUT2D eigenvalue weighted by molar-refractivity contribution is -0.384. The largest absolute Gasteiger partial charge is 0.492 e. The lowest BCUT2D eigenvalue weighted by atomic mass is 10.1. The highest BCUT2D eigenvalue weighted by molar-refractivity contribution is 6.34. The number of urea groups is 1. The summed E-state index contributed by atoms with van der Waals surface area (Å²) in [4.78, 5) is 36.3. The molecule has 42 heavy (non-hydrogen) atoms. The van der Waals surface area contributed by atoms with Gasteiger partial charge in [0.2, 0.25) is 0 Å². The van der Waals surface area contributed by atoms with E-state index in [1.165, 1.54) is 29.2 Å². The van der Waals surface area contributed by atoms with Crippen molar-refractivity contribution in [2.45, 2.75) is 26.1 Å². The van der Waals surface area contributed by atoms with Gasteiger partial charge in [0, 0.05) is 47.4 Å². The molecule has 11 nitrogen and oxygen atoms in total. The van der Waals surface area contributed by atoms with Crippen molar-refractivity contribution in [3.8, 4) is 5.75 Å². The Bertz CT molecular complexity index is 1320. The molecule has 0 spiro atoms. The molecule has 0 radical (unpaired) electrons. The van der Waals surface area contributed by atoms with Gasteiger partial charge in [-0.3, -0.25) is 10.1 Å². The van der Waals surface area contributed by atoms with Crippen LogP contribution in [-0.4, -0.2) is 65.9 Å². The van der Waals surface area contributed by atoms with Gasteiger partial charge in [-0.2, -0.15) is 0 Å². The minimum Gasteiger partial charge on any atom is -0.492 e. The predicted octanol–water partition coefficient (Wildman–Crippen LogP) is 6.06. The second-order valence-corrected chi connectivity index (χ2v) is 9.90. The van der Waals surface area contributed by atoms with Gasteiger partial charge in [-0.05, 0) is 60.5 Å². The number of aliphatic carboxylic acids is 1. The smallest absolute Gasteiger partial charge is 0.333 e. The van der Waals surface area contributed by atoms with Gasteiger partial charge in [0.25, 0.3) is 5.69 Å². The molecule has 0 aliphatic carbocycles. The molecule has 2 N–H and O–H groups in total. The molecule has 0 saturated carbocycles. The van der Waals surface area contributed by atoms with Crippen LogP contribution in [0.4, 0.5) is 16.2 Å². The Morgan fingerprint density at radius 1 is 0.976 bits per heavy atom. The normalized spacial score (nSPS) is 11.5. The number of carboxylic acids is 1. The number of hydrogen-bond acceptors (Lipinski definition) is 7. The molecule has 0 heterocycles. The molecule has 13 heteroatoms. The summed E-state index contributed by atoms with van der Waals surface area (Å²) in [7, 11) is 0. The zero-order chi connectivity index (χ0) is 30.5. The third kappa shape index (κ3) is 10.8. The lowest BCUT2D eigenvalue weighted by Gasteiger charge is -2.23. The Hall–Kier alpha value is -3.90. The Morgan fingerprint density at radius 3 is 2.21 bits per heavy atom. The van der Waals surface area contributed by atoms with Crippen LogP contribution in [0.25, 0.3) is 0 Å². The fraction of sp³-hybridized carbons (Fsp3) is 0.310. The number of rotatable bonds is 16. The summed E-state index contributed by atoms with van der Waals surface area (Å²) in [5.41, 5.74) is 1.88. The second-order valence-electron chi connectivity index (χ2n) is 9.03. The molecule has 0 fully saturated rings. The highest BCUT2D eigenvalue weighted by Crippen LogP contribution is 2.20. The van der Waals surface area contributed by atoms with Gasteiger partial charge >= 0.3 is 12.0 Å². The van der Waals surface area contributed by atoms with E-state index in [0.29, 0.717) is 28.1 Å². The number of carbonyl (C=O) groups excluding carboxylic acids is 1. The van der Waals surface area contributed by atoms with E-state index in [2.05, 4.69) is 5.32 Å². The summed E-state index contributed by atoms with van der Waals surface area (Å²) in [5.74, 6) is -0.475. The van der Waals surface area contributed by atoms with E-state index in [0.717, 1.165) is 11.1 Å².